The second-order valence-electron chi connectivity index (χ2n) is 6.73. The van der Waals surface area contributed by atoms with Gasteiger partial charge in [0.1, 0.15) is 0 Å². The van der Waals surface area contributed by atoms with E-state index in [2.05, 4.69) is 60.2 Å². The molecule has 0 saturated carbocycles. The Bertz CT molecular complexity index is 513. The number of fused-ring (bicyclic) bond motifs is 1. The molecule has 1 aliphatic heterocycles. The van der Waals surface area contributed by atoms with Crippen LogP contribution in [0.4, 0.5) is 0 Å². The van der Waals surface area contributed by atoms with Crippen LogP contribution in [-0.2, 0) is 13.0 Å². The predicted molar refractivity (Wildman–Crippen MR) is 109 cm³/mol. The minimum Gasteiger partial charge on any atom is -0.370 e. The van der Waals surface area contributed by atoms with Gasteiger partial charge in [-0.3, -0.25) is 9.89 Å². The van der Waals surface area contributed by atoms with Crippen molar-refractivity contribution in [2.24, 2.45) is 10.7 Å². The topological polar surface area (TPSA) is 53.6 Å². The standard InChI is InChI=1S/C18H30N4.HI/c1-4-5-11-20-17(19)21-14-18(2,3)22-12-10-15-8-6-7-9-16(15)13-22;/h6-9H,4-5,10-14H2,1-3H3,(H3,19,20,21);1H. The van der Waals surface area contributed by atoms with Crippen LogP contribution >= 0.6 is 24.0 Å². The van der Waals surface area contributed by atoms with E-state index in [1.807, 2.05) is 0 Å². The van der Waals surface area contributed by atoms with Gasteiger partial charge < -0.3 is 11.1 Å². The monoisotopic (exact) mass is 430 g/mol. The van der Waals surface area contributed by atoms with E-state index in [0.717, 1.165) is 39.0 Å². The summed E-state index contributed by atoms with van der Waals surface area (Å²) in [5.41, 5.74) is 8.90. The van der Waals surface area contributed by atoms with E-state index in [-0.39, 0.29) is 29.5 Å². The average molecular weight is 430 g/mol. The average Bonchev–Trinajstić information content (AvgIpc) is 2.53. The van der Waals surface area contributed by atoms with Gasteiger partial charge in [-0.25, -0.2) is 0 Å². The highest BCUT2D eigenvalue weighted by molar-refractivity contribution is 14.0. The van der Waals surface area contributed by atoms with Gasteiger partial charge in [0.2, 0.25) is 0 Å². The molecule has 1 aromatic carbocycles. The molecule has 3 N–H and O–H groups in total. The first-order valence-electron chi connectivity index (χ1n) is 8.38. The fourth-order valence-corrected chi connectivity index (χ4v) is 2.84. The van der Waals surface area contributed by atoms with Gasteiger partial charge >= 0.3 is 0 Å². The largest absolute Gasteiger partial charge is 0.370 e. The summed E-state index contributed by atoms with van der Waals surface area (Å²) < 4.78 is 0. The van der Waals surface area contributed by atoms with Crippen molar-refractivity contribution in [3.63, 3.8) is 0 Å². The molecule has 130 valence electrons. The molecule has 0 radical (unpaired) electrons. The lowest BCUT2D eigenvalue weighted by Gasteiger charge is -2.40. The summed E-state index contributed by atoms with van der Waals surface area (Å²) in [6, 6.07) is 8.74. The van der Waals surface area contributed by atoms with E-state index in [1.165, 1.54) is 17.5 Å². The summed E-state index contributed by atoms with van der Waals surface area (Å²) in [4.78, 5) is 7.05. The van der Waals surface area contributed by atoms with Gasteiger partial charge in [-0.15, -0.1) is 24.0 Å². The predicted octanol–water partition coefficient (Wildman–Crippen LogP) is 3.15. The van der Waals surface area contributed by atoms with Gasteiger partial charge in [0.15, 0.2) is 5.96 Å². The van der Waals surface area contributed by atoms with Crippen molar-refractivity contribution in [3.05, 3.63) is 35.4 Å². The molecule has 1 aromatic rings. The van der Waals surface area contributed by atoms with Gasteiger partial charge in [-0.1, -0.05) is 37.6 Å². The smallest absolute Gasteiger partial charge is 0.188 e. The number of guanidine groups is 1. The molecule has 1 aliphatic rings. The minimum absolute atomic E-state index is 0. The summed E-state index contributed by atoms with van der Waals surface area (Å²) in [7, 11) is 0. The molecule has 0 spiro atoms. The lowest BCUT2D eigenvalue weighted by atomic mass is 9.94. The summed E-state index contributed by atoms with van der Waals surface area (Å²) in [6.45, 7) is 10.4. The number of benzene rings is 1. The molecule has 2 rings (SSSR count). The van der Waals surface area contributed by atoms with Gasteiger partial charge in [-0.05, 0) is 37.8 Å². The highest BCUT2D eigenvalue weighted by Gasteiger charge is 2.29. The number of hydrogen-bond donors (Lipinski definition) is 2. The van der Waals surface area contributed by atoms with Crippen LogP contribution in [0.2, 0.25) is 0 Å². The number of hydrogen-bond acceptors (Lipinski definition) is 2. The fraction of sp³-hybridized carbons (Fsp3) is 0.611. The molecular weight excluding hydrogens is 399 g/mol. The molecule has 23 heavy (non-hydrogen) atoms. The van der Waals surface area contributed by atoms with E-state index in [9.17, 15) is 0 Å². The summed E-state index contributed by atoms with van der Waals surface area (Å²) >= 11 is 0. The maximum atomic E-state index is 5.95. The molecule has 0 aliphatic carbocycles. The Balaban J connectivity index is 0.00000264. The number of nitrogens with zero attached hydrogens (tertiary/aromatic N) is 2. The molecule has 0 atom stereocenters. The van der Waals surface area contributed by atoms with Crippen LogP contribution in [0.15, 0.2) is 29.3 Å². The molecule has 0 bridgehead atoms. The summed E-state index contributed by atoms with van der Waals surface area (Å²) in [5.74, 6) is 0.568. The Hall–Kier alpha value is -0.820. The number of rotatable bonds is 6. The van der Waals surface area contributed by atoms with Gasteiger partial charge in [0.25, 0.3) is 0 Å². The van der Waals surface area contributed by atoms with E-state index in [1.54, 1.807) is 0 Å². The Labute approximate surface area is 157 Å². The van der Waals surface area contributed by atoms with Crippen molar-refractivity contribution in [2.45, 2.75) is 52.1 Å². The Morgan fingerprint density at radius 2 is 2.00 bits per heavy atom. The highest BCUT2D eigenvalue weighted by Crippen LogP contribution is 2.25. The first-order chi connectivity index (χ1) is 10.5. The first kappa shape index (κ1) is 20.2. The SMILES string of the molecule is CCCCNC(N)=NCC(C)(C)N1CCc2ccccc2C1.I. The first-order valence-corrected chi connectivity index (χ1v) is 8.38. The number of unbranched alkanes of at least 4 members (excludes halogenated alkanes) is 1. The van der Waals surface area contributed by atoms with Crippen LogP contribution in [0.1, 0.15) is 44.7 Å². The van der Waals surface area contributed by atoms with Crippen molar-refractivity contribution in [1.29, 1.82) is 0 Å². The van der Waals surface area contributed by atoms with Crippen molar-refractivity contribution in [1.82, 2.24) is 10.2 Å². The lowest BCUT2D eigenvalue weighted by Crippen LogP contribution is -2.49. The third kappa shape index (κ3) is 5.95. The number of aliphatic imine (C=N–C) groups is 1. The van der Waals surface area contributed by atoms with Crippen LogP contribution in [-0.4, -0.2) is 36.0 Å². The normalized spacial score (nSPS) is 15.7. The van der Waals surface area contributed by atoms with E-state index in [4.69, 9.17) is 5.73 Å². The zero-order valence-corrected chi connectivity index (χ0v) is 17.0. The zero-order valence-electron chi connectivity index (χ0n) is 14.6. The molecule has 1 heterocycles. The Morgan fingerprint density at radius 1 is 1.30 bits per heavy atom. The van der Waals surface area contributed by atoms with Crippen LogP contribution in [0.3, 0.4) is 0 Å². The van der Waals surface area contributed by atoms with Crippen LogP contribution in [0.25, 0.3) is 0 Å². The third-order valence-electron chi connectivity index (χ3n) is 4.46. The zero-order chi connectivity index (χ0) is 16.0. The maximum absolute atomic E-state index is 5.95. The van der Waals surface area contributed by atoms with Crippen molar-refractivity contribution in [2.75, 3.05) is 19.6 Å². The molecule has 0 amide bonds. The van der Waals surface area contributed by atoms with Gasteiger partial charge in [-0.2, -0.15) is 0 Å². The quantitative estimate of drug-likeness (QED) is 0.316. The summed E-state index contributed by atoms with van der Waals surface area (Å²) in [5, 5.41) is 3.18. The summed E-state index contributed by atoms with van der Waals surface area (Å²) in [6.07, 6.45) is 3.41. The van der Waals surface area contributed by atoms with E-state index < -0.39 is 0 Å². The number of nitrogens with two attached hydrogens (primary N) is 1. The maximum Gasteiger partial charge on any atom is 0.188 e. The van der Waals surface area contributed by atoms with Gasteiger partial charge in [0.05, 0.1) is 6.54 Å². The highest BCUT2D eigenvalue weighted by atomic mass is 127. The third-order valence-corrected chi connectivity index (χ3v) is 4.46. The van der Waals surface area contributed by atoms with Crippen LogP contribution in [0.5, 0.6) is 0 Å². The second-order valence-corrected chi connectivity index (χ2v) is 6.73. The van der Waals surface area contributed by atoms with Crippen molar-refractivity contribution >= 4 is 29.9 Å². The molecule has 4 nitrogen and oxygen atoms in total. The fourth-order valence-electron chi connectivity index (χ4n) is 2.84. The Morgan fingerprint density at radius 3 is 2.70 bits per heavy atom. The van der Waals surface area contributed by atoms with E-state index >= 15 is 0 Å². The molecular formula is C18H31IN4. The molecule has 0 saturated heterocycles. The Kier molecular flexibility index (Phi) is 8.33. The molecule has 0 fully saturated rings. The van der Waals surface area contributed by atoms with Crippen molar-refractivity contribution in [3.8, 4) is 0 Å². The number of halogens is 1. The van der Waals surface area contributed by atoms with Crippen LogP contribution < -0.4 is 11.1 Å². The van der Waals surface area contributed by atoms with Gasteiger partial charge in [0, 0.05) is 25.2 Å². The molecule has 5 heteroatoms. The second kappa shape index (κ2) is 9.47. The van der Waals surface area contributed by atoms with E-state index in [0.29, 0.717) is 5.96 Å². The molecule has 0 unspecified atom stereocenters. The van der Waals surface area contributed by atoms with Crippen LogP contribution in [0, 0.1) is 0 Å². The minimum atomic E-state index is 0. The molecule has 0 aromatic heterocycles. The number of nitrogens with one attached hydrogen (secondary N) is 1. The van der Waals surface area contributed by atoms with Crippen molar-refractivity contribution < 1.29 is 0 Å². The lowest BCUT2D eigenvalue weighted by molar-refractivity contribution is 0.112.